The van der Waals surface area contributed by atoms with Crippen LogP contribution in [0.25, 0.3) is 10.2 Å². The third-order valence-electron chi connectivity index (χ3n) is 4.57. The summed E-state index contributed by atoms with van der Waals surface area (Å²) in [6.45, 7) is 4.67. The molecule has 8 heteroatoms. The lowest BCUT2D eigenvalue weighted by Gasteiger charge is -2.11. The summed E-state index contributed by atoms with van der Waals surface area (Å²) < 4.78 is 7.45. The number of allylic oxidation sites excluding steroid dienone is 1. The van der Waals surface area contributed by atoms with Crippen molar-refractivity contribution in [3.05, 3.63) is 61.7 Å². The van der Waals surface area contributed by atoms with Crippen molar-refractivity contribution in [2.24, 2.45) is 0 Å². The average Bonchev–Trinajstić information content (AvgIpc) is 3.23. The Kier molecular flexibility index (Phi) is 6.01. The zero-order valence-corrected chi connectivity index (χ0v) is 18.2. The van der Waals surface area contributed by atoms with Crippen LogP contribution in [0, 0.1) is 0 Å². The number of nitrogens with zero attached hydrogens (tertiary/aromatic N) is 2. The quantitative estimate of drug-likeness (QED) is 0.202. The number of hydrogen-bond acceptors (Lipinski definition) is 5. The first-order valence-electron chi connectivity index (χ1n) is 8.95. The summed E-state index contributed by atoms with van der Waals surface area (Å²) in [5.41, 5.74) is 1.24. The van der Waals surface area contributed by atoms with Gasteiger partial charge in [0.05, 0.1) is 17.0 Å². The molecule has 0 fully saturated rings. The van der Waals surface area contributed by atoms with Crippen LogP contribution in [0.15, 0.2) is 40.8 Å². The molecule has 0 saturated carbocycles. The van der Waals surface area contributed by atoms with Gasteiger partial charge in [0.1, 0.15) is 10.6 Å². The van der Waals surface area contributed by atoms with Gasteiger partial charge in [-0.15, -0.1) is 17.9 Å². The molecule has 0 amide bonds. The molecule has 4 rings (SSSR count). The van der Waals surface area contributed by atoms with E-state index >= 15 is 0 Å². The normalized spacial score (nSPS) is 13.1. The lowest BCUT2D eigenvalue weighted by atomic mass is 10.2. The van der Waals surface area contributed by atoms with Crippen molar-refractivity contribution >= 4 is 56.5 Å². The van der Waals surface area contributed by atoms with Crippen LogP contribution in [0.5, 0.6) is 5.75 Å². The minimum absolute atomic E-state index is 0.0356. The van der Waals surface area contributed by atoms with Crippen LogP contribution < -0.4 is 10.3 Å². The minimum Gasteiger partial charge on any atom is -0.491 e. The van der Waals surface area contributed by atoms with Crippen LogP contribution in [-0.2, 0) is 19.4 Å². The number of aromatic nitrogens is 2. The van der Waals surface area contributed by atoms with E-state index in [0.717, 1.165) is 29.5 Å². The summed E-state index contributed by atoms with van der Waals surface area (Å²) in [6, 6.07) is 5.14. The fourth-order valence-electron chi connectivity index (χ4n) is 3.34. The number of thioether (sulfide) groups is 1. The van der Waals surface area contributed by atoms with Crippen LogP contribution in [0.2, 0.25) is 10.0 Å². The molecule has 2 aromatic heterocycles. The van der Waals surface area contributed by atoms with E-state index in [1.807, 2.05) is 0 Å². The van der Waals surface area contributed by atoms with Gasteiger partial charge < -0.3 is 4.74 Å². The molecule has 28 heavy (non-hydrogen) atoms. The molecule has 0 N–H and O–H groups in total. The Labute approximate surface area is 181 Å². The van der Waals surface area contributed by atoms with Gasteiger partial charge in [-0.05, 0) is 43.0 Å². The molecule has 146 valence electrons. The molecule has 1 aliphatic carbocycles. The van der Waals surface area contributed by atoms with Crippen LogP contribution in [0.4, 0.5) is 0 Å². The lowest BCUT2D eigenvalue weighted by molar-refractivity contribution is 0.344. The van der Waals surface area contributed by atoms with Gasteiger partial charge in [-0.3, -0.25) is 9.36 Å². The maximum Gasteiger partial charge on any atom is 0.263 e. The van der Waals surface area contributed by atoms with Gasteiger partial charge in [-0.1, -0.05) is 41.0 Å². The fourth-order valence-corrected chi connectivity index (χ4v) is 5.93. The Morgan fingerprint density at radius 3 is 3.00 bits per heavy atom. The van der Waals surface area contributed by atoms with Crippen molar-refractivity contribution < 1.29 is 4.74 Å². The number of rotatable bonds is 7. The highest BCUT2D eigenvalue weighted by Crippen LogP contribution is 2.35. The molecule has 3 aromatic rings. The van der Waals surface area contributed by atoms with Gasteiger partial charge in [0.25, 0.3) is 5.56 Å². The highest BCUT2D eigenvalue weighted by Gasteiger charge is 2.23. The first-order chi connectivity index (χ1) is 13.6. The van der Waals surface area contributed by atoms with E-state index < -0.39 is 0 Å². The van der Waals surface area contributed by atoms with E-state index in [4.69, 9.17) is 32.9 Å². The largest absolute Gasteiger partial charge is 0.491 e. The Hall–Kier alpha value is -1.47. The molecule has 1 aromatic carbocycles. The summed E-state index contributed by atoms with van der Waals surface area (Å²) in [7, 11) is 0. The van der Waals surface area contributed by atoms with Crippen LogP contribution in [0.3, 0.4) is 0 Å². The average molecular weight is 453 g/mol. The topological polar surface area (TPSA) is 44.1 Å². The molecule has 1 aliphatic rings. The molecule has 0 aliphatic heterocycles. The highest BCUT2D eigenvalue weighted by atomic mass is 35.5. The van der Waals surface area contributed by atoms with Gasteiger partial charge in [0.2, 0.25) is 0 Å². The molecule has 0 saturated heterocycles. The van der Waals surface area contributed by atoms with Crippen molar-refractivity contribution in [1.29, 1.82) is 0 Å². The van der Waals surface area contributed by atoms with Crippen LogP contribution >= 0.6 is 46.3 Å². The first kappa shape index (κ1) is 19.8. The number of hydrogen-bond donors (Lipinski definition) is 0. The van der Waals surface area contributed by atoms with Gasteiger partial charge >= 0.3 is 0 Å². The van der Waals surface area contributed by atoms with Crippen molar-refractivity contribution in [2.75, 3.05) is 12.4 Å². The summed E-state index contributed by atoms with van der Waals surface area (Å²) in [4.78, 5) is 20.0. The summed E-state index contributed by atoms with van der Waals surface area (Å²) >= 11 is 15.2. The second kappa shape index (κ2) is 8.49. The number of ether oxygens (including phenoxy) is 1. The van der Waals surface area contributed by atoms with Crippen molar-refractivity contribution in [2.45, 2.75) is 31.0 Å². The third-order valence-corrected chi connectivity index (χ3v) is 7.22. The van der Waals surface area contributed by atoms with Gasteiger partial charge in [0.15, 0.2) is 5.16 Å². The molecule has 2 heterocycles. The number of benzene rings is 1. The van der Waals surface area contributed by atoms with Gasteiger partial charge in [-0.25, -0.2) is 4.98 Å². The van der Waals surface area contributed by atoms with Crippen LogP contribution in [0.1, 0.15) is 16.9 Å². The number of halogens is 2. The van der Waals surface area contributed by atoms with Crippen LogP contribution in [-0.4, -0.2) is 21.9 Å². The maximum absolute atomic E-state index is 13.1. The summed E-state index contributed by atoms with van der Waals surface area (Å²) in [5, 5.41) is 2.55. The van der Waals surface area contributed by atoms with Crippen molar-refractivity contribution in [1.82, 2.24) is 9.55 Å². The fraction of sp³-hybridized carbons (Fsp3) is 0.300. The minimum atomic E-state index is 0.0356. The first-order valence-corrected chi connectivity index (χ1v) is 11.5. The zero-order valence-electron chi connectivity index (χ0n) is 15.0. The van der Waals surface area contributed by atoms with E-state index in [2.05, 4.69) is 6.58 Å². The molecule has 0 radical (unpaired) electrons. The monoisotopic (exact) mass is 452 g/mol. The number of aryl methyl sites for hydroxylation is 2. The number of thiophene rings is 1. The van der Waals surface area contributed by atoms with E-state index in [1.165, 1.54) is 22.2 Å². The Bertz CT molecular complexity index is 1110. The predicted molar refractivity (Wildman–Crippen MR) is 119 cm³/mol. The van der Waals surface area contributed by atoms with Gasteiger partial charge in [-0.2, -0.15) is 0 Å². The molecule has 0 atom stereocenters. The maximum atomic E-state index is 13.1. The summed E-state index contributed by atoms with van der Waals surface area (Å²) in [6.07, 6.45) is 4.88. The number of fused-ring (bicyclic) bond motifs is 3. The molecule has 0 bridgehead atoms. The standard InChI is InChI=1S/C20H18Cl2N2O2S2/c1-2-8-24-19(25)17-13-4-3-5-16(13)28-18(17)23-20(24)27-10-9-26-15-7-6-12(21)11-14(15)22/h2,6-7,11H,1,3-5,8-10H2. The van der Waals surface area contributed by atoms with E-state index in [1.54, 1.807) is 40.2 Å². The van der Waals surface area contributed by atoms with E-state index in [0.29, 0.717) is 39.9 Å². The molecule has 4 nitrogen and oxygen atoms in total. The second-order valence-electron chi connectivity index (χ2n) is 6.41. The van der Waals surface area contributed by atoms with E-state index in [9.17, 15) is 4.79 Å². The smallest absolute Gasteiger partial charge is 0.263 e. The molecule has 0 spiro atoms. The van der Waals surface area contributed by atoms with Crippen molar-refractivity contribution in [3.8, 4) is 5.75 Å². The lowest BCUT2D eigenvalue weighted by Crippen LogP contribution is -2.23. The van der Waals surface area contributed by atoms with Gasteiger partial charge in [0, 0.05) is 22.2 Å². The SMILES string of the molecule is C=CCn1c(SCCOc2ccc(Cl)cc2Cl)nc2sc3c(c2c1=O)CCC3. The highest BCUT2D eigenvalue weighted by molar-refractivity contribution is 7.99. The predicted octanol–water partition coefficient (Wildman–Crippen LogP) is 5.61. The molecule has 0 unspecified atom stereocenters. The second-order valence-corrected chi connectivity index (χ2v) is 9.40. The molecular formula is C20H18Cl2N2O2S2. The Morgan fingerprint density at radius 2 is 2.21 bits per heavy atom. The Balaban J connectivity index is 1.53. The molecular weight excluding hydrogens is 435 g/mol. The van der Waals surface area contributed by atoms with Crippen molar-refractivity contribution in [3.63, 3.8) is 0 Å². The zero-order chi connectivity index (χ0) is 19.7. The van der Waals surface area contributed by atoms with E-state index in [-0.39, 0.29) is 5.56 Å². The Morgan fingerprint density at radius 1 is 1.36 bits per heavy atom. The third kappa shape index (κ3) is 3.83. The summed E-state index contributed by atoms with van der Waals surface area (Å²) in [5.74, 6) is 1.23.